The maximum Gasteiger partial charge on any atom is 0.263 e. The first kappa shape index (κ1) is 21.5. The van der Waals surface area contributed by atoms with Crippen LogP contribution in [0.3, 0.4) is 0 Å². The summed E-state index contributed by atoms with van der Waals surface area (Å²) >= 11 is 6.08. The molecule has 1 saturated heterocycles. The number of nitrogens with zero attached hydrogens (tertiary/aromatic N) is 3. The molecule has 30 heavy (non-hydrogen) atoms. The minimum absolute atomic E-state index is 0.126. The Morgan fingerprint density at radius 1 is 1.20 bits per heavy atom. The molecule has 156 valence electrons. The van der Waals surface area contributed by atoms with Gasteiger partial charge in [-0.2, -0.15) is 5.26 Å². The summed E-state index contributed by atoms with van der Waals surface area (Å²) in [6.07, 6.45) is 2.35. The lowest BCUT2D eigenvalue weighted by molar-refractivity contribution is -0.117. The second-order valence-corrected chi connectivity index (χ2v) is 7.45. The zero-order valence-corrected chi connectivity index (χ0v) is 17.7. The van der Waals surface area contributed by atoms with Crippen LogP contribution < -0.4 is 15.0 Å². The van der Waals surface area contributed by atoms with Gasteiger partial charge in [0.25, 0.3) is 5.91 Å². The summed E-state index contributed by atoms with van der Waals surface area (Å²) in [6, 6.07) is 17.5. The van der Waals surface area contributed by atoms with Crippen molar-refractivity contribution in [1.29, 1.82) is 5.26 Å². The molecule has 1 aliphatic rings. The number of hydrogen-bond donors (Lipinski definition) is 1. The quantitative estimate of drug-likeness (QED) is 0.546. The monoisotopic (exact) mass is 424 g/mol. The smallest absolute Gasteiger partial charge is 0.263 e. The summed E-state index contributed by atoms with van der Waals surface area (Å²) in [5.41, 5.74) is 2.31. The second-order valence-electron chi connectivity index (χ2n) is 7.01. The maximum atomic E-state index is 12.4. The zero-order chi connectivity index (χ0) is 21.3. The van der Waals surface area contributed by atoms with Gasteiger partial charge in [-0.3, -0.25) is 4.79 Å². The number of carbonyl (C=O) groups is 1. The molecule has 1 heterocycles. The van der Waals surface area contributed by atoms with E-state index in [0.29, 0.717) is 18.0 Å². The average molecular weight is 425 g/mol. The number of piperazine rings is 1. The zero-order valence-electron chi connectivity index (χ0n) is 17.0. The van der Waals surface area contributed by atoms with E-state index < -0.39 is 0 Å². The van der Waals surface area contributed by atoms with E-state index >= 15 is 0 Å². The van der Waals surface area contributed by atoms with E-state index in [4.69, 9.17) is 16.3 Å². The van der Waals surface area contributed by atoms with Crippen molar-refractivity contribution in [2.75, 3.05) is 44.7 Å². The summed E-state index contributed by atoms with van der Waals surface area (Å²) in [6.45, 7) is 3.53. The standard InChI is InChI=1S/C23H25ClN4O2/c1-30-22-7-5-18(6-8-22)9-10-26-23(29)19(16-25)17-27-11-13-28(14-12-27)21-4-2-3-20(24)15-21/h2-8,15,17H,9-14H2,1H3,(H,26,29)/b19-17-. The number of halogens is 1. The fourth-order valence-corrected chi connectivity index (χ4v) is 3.50. The lowest BCUT2D eigenvalue weighted by atomic mass is 10.1. The van der Waals surface area contributed by atoms with E-state index in [0.717, 1.165) is 43.2 Å². The van der Waals surface area contributed by atoms with Crippen LogP contribution in [0.15, 0.2) is 60.3 Å². The van der Waals surface area contributed by atoms with Crippen LogP contribution in [0.5, 0.6) is 5.75 Å². The van der Waals surface area contributed by atoms with E-state index in [1.54, 1.807) is 13.3 Å². The van der Waals surface area contributed by atoms with E-state index in [9.17, 15) is 10.1 Å². The number of nitrogens with one attached hydrogen (secondary N) is 1. The molecule has 1 N–H and O–H groups in total. The number of ether oxygens (including phenoxy) is 1. The molecule has 1 fully saturated rings. The highest BCUT2D eigenvalue weighted by molar-refractivity contribution is 6.30. The predicted octanol–water partition coefficient (Wildman–Crippen LogP) is 3.24. The van der Waals surface area contributed by atoms with E-state index in [1.165, 1.54) is 0 Å². The van der Waals surface area contributed by atoms with Gasteiger partial charge in [-0.25, -0.2) is 0 Å². The van der Waals surface area contributed by atoms with Crippen molar-refractivity contribution >= 4 is 23.2 Å². The van der Waals surface area contributed by atoms with Gasteiger partial charge in [-0.05, 0) is 42.3 Å². The number of methoxy groups -OCH3 is 1. The molecule has 0 aliphatic carbocycles. The Morgan fingerprint density at radius 3 is 2.57 bits per heavy atom. The molecule has 0 spiro atoms. The highest BCUT2D eigenvalue weighted by atomic mass is 35.5. The molecular weight excluding hydrogens is 400 g/mol. The largest absolute Gasteiger partial charge is 0.497 e. The van der Waals surface area contributed by atoms with Gasteiger partial charge in [0.05, 0.1) is 7.11 Å². The van der Waals surface area contributed by atoms with Crippen molar-refractivity contribution < 1.29 is 9.53 Å². The molecule has 7 heteroatoms. The van der Waals surface area contributed by atoms with Crippen LogP contribution in [-0.2, 0) is 11.2 Å². The Kier molecular flexibility index (Phi) is 7.58. The number of anilines is 1. The van der Waals surface area contributed by atoms with Crippen molar-refractivity contribution in [3.8, 4) is 11.8 Å². The molecule has 0 bridgehead atoms. The number of benzene rings is 2. The SMILES string of the molecule is COc1ccc(CCNC(=O)/C(C#N)=C\N2CCN(c3cccc(Cl)c3)CC2)cc1. The maximum absolute atomic E-state index is 12.4. The number of hydrogen-bond acceptors (Lipinski definition) is 5. The van der Waals surface area contributed by atoms with Gasteiger partial charge in [0, 0.05) is 49.6 Å². The van der Waals surface area contributed by atoms with Gasteiger partial charge in [-0.1, -0.05) is 29.8 Å². The third kappa shape index (κ3) is 5.91. The molecule has 2 aromatic carbocycles. The fourth-order valence-electron chi connectivity index (χ4n) is 3.31. The summed E-state index contributed by atoms with van der Waals surface area (Å²) < 4.78 is 5.14. The first-order chi connectivity index (χ1) is 14.6. The molecule has 3 rings (SSSR count). The second kappa shape index (κ2) is 10.6. The van der Waals surface area contributed by atoms with Gasteiger partial charge in [-0.15, -0.1) is 0 Å². The Hall–Kier alpha value is -3.17. The van der Waals surface area contributed by atoms with Crippen LogP contribution >= 0.6 is 11.6 Å². The molecule has 0 radical (unpaired) electrons. The molecule has 6 nitrogen and oxygen atoms in total. The summed E-state index contributed by atoms with van der Waals surface area (Å²) in [5.74, 6) is 0.455. The third-order valence-corrected chi connectivity index (χ3v) is 5.26. The predicted molar refractivity (Wildman–Crippen MR) is 119 cm³/mol. The molecule has 1 amide bonds. The van der Waals surface area contributed by atoms with Crippen LogP contribution in [0, 0.1) is 11.3 Å². The van der Waals surface area contributed by atoms with Gasteiger partial charge < -0.3 is 19.9 Å². The summed E-state index contributed by atoms with van der Waals surface area (Å²) in [7, 11) is 1.63. The van der Waals surface area contributed by atoms with Crippen LogP contribution in [0.2, 0.25) is 5.02 Å². The van der Waals surface area contributed by atoms with Crippen molar-refractivity contribution in [1.82, 2.24) is 10.2 Å². The first-order valence-corrected chi connectivity index (χ1v) is 10.2. The van der Waals surface area contributed by atoms with E-state index in [1.807, 2.05) is 59.5 Å². The molecule has 0 saturated carbocycles. The highest BCUT2D eigenvalue weighted by Crippen LogP contribution is 2.21. The average Bonchev–Trinajstić information content (AvgIpc) is 2.78. The topological polar surface area (TPSA) is 68.6 Å². The fraction of sp³-hybridized carbons (Fsp3) is 0.304. The van der Waals surface area contributed by atoms with E-state index in [-0.39, 0.29) is 11.5 Å². The molecule has 0 aromatic heterocycles. The van der Waals surface area contributed by atoms with E-state index in [2.05, 4.69) is 10.2 Å². The molecular formula is C23H25ClN4O2. The van der Waals surface area contributed by atoms with Gasteiger partial charge in [0.15, 0.2) is 0 Å². The number of nitriles is 1. The molecule has 1 aliphatic heterocycles. The van der Waals surface area contributed by atoms with Crippen molar-refractivity contribution in [2.24, 2.45) is 0 Å². The lowest BCUT2D eigenvalue weighted by Crippen LogP contribution is -2.44. The van der Waals surface area contributed by atoms with Crippen molar-refractivity contribution in [3.63, 3.8) is 0 Å². The molecule has 2 aromatic rings. The molecule has 0 atom stereocenters. The summed E-state index contributed by atoms with van der Waals surface area (Å²) in [4.78, 5) is 16.7. The minimum atomic E-state index is -0.344. The van der Waals surface area contributed by atoms with Crippen molar-refractivity contribution in [2.45, 2.75) is 6.42 Å². The van der Waals surface area contributed by atoms with Crippen LogP contribution in [0.1, 0.15) is 5.56 Å². The number of carbonyl (C=O) groups excluding carboxylic acids is 1. The molecule has 0 unspecified atom stereocenters. The lowest BCUT2D eigenvalue weighted by Gasteiger charge is -2.35. The van der Waals surface area contributed by atoms with Crippen LogP contribution in [-0.4, -0.2) is 50.6 Å². The number of amides is 1. The van der Waals surface area contributed by atoms with Gasteiger partial charge in [0.1, 0.15) is 17.4 Å². The summed E-state index contributed by atoms with van der Waals surface area (Å²) in [5, 5.41) is 13.0. The first-order valence-electron chi connectivity index (χ1n) is 9.86. The Labute approximate surface area is 182 Å². The van der Waals surface area contributed by atoms with Crippen molar-refractivity contribution in [3.05, 3.63) is 70.9 Å². The van der Waals surface area contributed by atoms with Crippen LogP contribution in [0.4, 0.5) is 5.69 Å². The van der Waals surface area contributed by atoms with Gasteiger partial charge in [0.2, 0.25) is 0 Å². The Morgan fingerprint density at radius 2 is 1.93 bits per heavy atom. The van der Waals surface area contributed by atoms with Crippen LogP contribution in [0.25, 0.3) is 0 Å². The normalized spacial score (nSPS) is 14.2. The van der Waals surface area contributed by atoms with Gasteiger partial charge >= 0.3 is 0 Å². The third-order valence-electron chi connectivity index (χ3n) is 5.02. The Balaban J connectivity index is 1.48. The highest BCUT2D eigenvalue weighted by Gasteiger charge is 2.17. The Bertz CT molecular complexity index is 929. The minimum Gasteiger partial charge on any atom is -0.497 e. The number of rotatable bonds is 7.